The first-order chi connectivity index (χ1) is 12.2. The van der Waals surface area contributed by atoms with Crippen molar-refractivity contribution in [3.8, 4) is 11.4 Å². The number of nitrogens with one attached hydrogen (secondary N) is 2. The Morgan fingerprint density at radius 3 is 2.73 bits per heavy atom. The first kappa shape index (κ1) is 17.5. The third kappa shape index (κ3) is 3.01. The molecule has 1 aromatic heterocycles. The second-order valence-electron chi connectivity index (χ2n) is 7.82. The number of H-pyrrole nitrogens is 1. The summed E-state index contributed by atoms with van der Waals surface area (Å²) >= 11 is 0. The number of carbonyl (C=O) groups is 1. The summed E-state index contributed by atoms with van der Waals surface area (Å²) in [6, 6.07) is 7.76. The predicted molar refractivity (Wildman–Crippen MR) is 102 cm³/mol. The molecule has 2 bridgehead atoms. The molecule has 3 fully saturated rings. The SMILES string of the molecule is Cl.NC1C2CCC(C2)C1C(=O)Nc1cccc(-c2n[nH]c(C3CC3)n2)c1. The Labute approximate surface area is 158 Å². The monoisotopic (exact) mass is 373 g/mol. The Balaban J connectivity index is 0.00000168. The van der Waals surface area contributed by atoms with Crippen LogP contribution < -0.4 is 11.1 Å². The molecule has 2 aromatic rings. The Bertz CT molecular complexity index is 816. The third-order valence-electron chi connectivity index (χ3n) is 6.14. The zero-order chi connectivity index (χ0) is 17.0. The summed E-state index contributed by atoms with van der Waals surface area (Å²) < 4.78 is 0. The number of amides is 1. The number of aromatic nitrogens is 3. The zero-order valence-electron chi connectivity index (χ0n) is 14.5. The molecule has 26 heavy (non-hydrogen) atoms. The number of nitrogens with two attached hydrogens (primary N) is 1. The molecular formula is C19H24ClN5O. The van der Waals surface area contributed by atoms with Crippen LogP contribution in [-0.2, 0) is 4.79 Å². The molecular weight excluding hydrogens is 350 g/mol. The van der Waals surface area contributed by atoms with Crippen molar-refractivity contribution in [2.75, 3.05) is 5.32 Å². The topological polar surface area (TPSA) is 96.7 Å². The van der Waals surface area contributed by atoms with Crippen molar-refractivity contribution in [2.24, 2.45) is 23.5 Å². The number of rotatable bonds is 4. The van der Waals surface area contributed by atoms with Crippen LogP contribution in [0.15, 0.2) is 24.3 Å². The molecule has 4 atom stereocenters. The lowest BCUT2D eigenvalue weighted by atomic mass is 9.84. The van der Waals surface area contributed by atoms with Crippen LogP contribution in [0.4, 0.5) is 5.69 Å². The van der Waals surface area contributed by atoms with Gasteiger partial charge in [-0.05, 0) is 56.1 Å². The van der Waals surface area contributed by atoms with Crippen LogP contribution in [0.1, 0.15) is 43.8 Å². The van der Waals surface area contributed by atoms with Gasteiger partial charge in [-0.3, -0.25) is 9.89 Å². The van der Waals surface area contributed by atoms with Crippen molar-refractivity contribution in [3.05, 3.63) is 30.1 Å². The van der Waals surface area contributed by atoms with E-state index in [1.807, 2.05) is 24.3 Å². The fourth-order valence-corrected chi connectivity index (χ4v) is 4.63. The van der Waals surface area contributed by atoms with Crippen molar-refractivity contribution < 1.29 is 4.79 Å². The van der Waals surface area contributed by atoms with E-state index in [0.717, 1.165) is 29.9 Å². The summed E-state index contributed by atoms with van der Waals surface area (Å²) in [7, 11) is 0. The van der Waals surface area contributed by atoms with Gasteiger partial charge in [0, 0.05) is 23.2 Å². The Morgan fingerprint density at radius 2 is 2.00 bits per heavy atom. The average molecular weight is 374 g/mol. The van der Waals surface area contributed by atoms with Crippen molar-refractivity contribution in [1.29, 1.82) is 0 Å². The number of carbonyl (C=O) groups excluding carboxylic acids is 1. The summed E-state index contributed by atoms with van der Waals surface area (Å²) in [4.78, 5) is 17.3. The van der Waals surface area contributed by atoms with Crippen LogP contribution in [0.2, 0.25) is 0 Å². The summed E-state index contributed by atoms with van der Waals surface area (Å²) in [5.74, 6) is 3.20. The first-order valence-corrected chi connectivity index (χ1v) is 9.28. The van der Waals surface area contributed by atoms with Gasteiger partial charge in [-0.1, -0.05) is 12.1 Å². The molecule has 7 heteroatoms. The van der Waals surface area contributed by atoms with Gasteiger partial charge in [0.2, 0.25) is 5.91 Å². The number of anilines is 1. The van der Waals surface area contributed by atoms with Crippen LogP contribution in [0.5, 0.6) is 0 Å². The second kappa shape index (κ2) is 6.67. The number of nitrogens with zero attached hydrogens (tertiary/aromatic N) is 2. The fraction of sp³-hybridized carbons (Fsp3) is 0.526. The van der Waals surface area contributed by atoms with Gasteiger partial charge in [0.1, 0.15) is 5.82 Å². The average Bonchev–Trinajstić information content (AvgIpc) is 3.05. The van der Waals surface area contributed by atoms with E-state index in [2.05, 4.69) is 20.5 Å². The zero-order valence-corrected chi connectivity index (χ0v) is 15.3. The lowest BCUT2D eigenvalue weighted by Gasteiger charge is -2.27. The van der Waals surface area contributed by atoms with E-state index in [-0.39, 0.29) is 30.3 Å². The highest BCUT2D eigenvalue weighted by Crippen LogP contribution is 2.48. The molecule has 1 aromatic carbocycles. The van der Waals surface area contributed by atoms with Crippen molar-refractivity contribution >= 4 is 24.0 Å². The number of hydrogen-bond acceptors (Lipinski definition) is 4. The van der Waals surface area contributed by atoms with Crippen LogP contribution >= 0.6 is 12.4 Å². The fourth-order valence-electron chi connectivity index (χ4n) is 4.63. The third-order valence-corrected chi connectivity index (χ3v) is 6.14. The summed E-state index contributed by atoms with van der Waals surface area (Å²) in [6.07, 6.45) is 5.81. The highest BCUT2D eigenvalue weighted by atomic mass is 35.5. The molecule has 5 rings (SSSR count). The van der Waals surface area contributed by atoms with Crippen molar-refractivity contribution in [3.63, 3.8) is 0 Å². The van der Waals surface area contributed by atoms with E-state index in [9.17, 15) is 4.79 Å². The standard InChI is InChI=1S/C19H23N5O.ClH/c20-16-12-7-6-11(8-12)15(16)19(25)21-14-3-1-2-13(9-14)18-22-17(23-24-18)10-4-5-10;/h1-3,9-12,15-16H,4-8,20H2,(H,21,25)(H,22,23,24);1H. The van der Waals surface area contributed by atoms with Crippen LogP contribution in [-0.4, -0.2) is 27.1 Å². The molecule has 4 unspecified atom stereocenters. The summed E-state index contributed by atoms with van der Waals surface area (Å²) in [5, 5.41) is 10.4. The molecule has 3 aliphatic rings. The molecule has 6 nitrogen and oxygen atoms in total. The minimum atomic E-state index is -0.0487. The van der Waals surface area contributed by atoms with E-state index in [4.69, 9.17) is 5.73 Å². The number of aromatic amines is 1. The molecule has 138 valence electrons. The molecule has 3 saturated carbocycles. The molecule has 0 saturated heterocycles. The minimum absolute atomic E-state index is 0. The van der Waals surface area contributed by atoms with E-state index in [1.54, 1.807) is 0 Å². The number of halogens is 1. The Hall–Kier alpha value is -1.92. The summed E-state index contributed by atoms with van der Waals surface area (Å²) in [5.41, 5.74) is 7.99. The van der Waals surface area contributed by atoms with E-state index in [0.29, 0.717) is 23.6 Å². The maximum atomic E-state index is 12.7. The van der Waals surface area contributed by atoms with Gasteiger partial charge in [-0.15, -0.1) is 12.4 Å². The molecule has 0 aliphatic heterocycles. The Kier molecular flexibility index (Phi) is 4.49. The molecule has 1 heterocycles. The number of hydrogen-bond donors (Lipinski definition) is 3. The van der Waals surface area contributed by atoms with E-state index >= 15 is 0 Å². The molecule has 1 amide bonds. The van der Waals surface area contributed by atoms with E-state index < -0.39 is 0 Å². The van der Waals surface area contributed by atoms with Gasteiger partial charge < -0.3 is 11.1 Å². The number of fused-ring (bicyclic) bond motifs is 2. The molecule has 4 N–H and O–H groups in total. The largest absolute Gasteiger partial charge is 0.327 e. The van der Waals surface area contributed by atoms with Gasteiger partial charge >= 0.3 is 0 Å². The van der Waals surface area contributed by atoms with Gasteiger partial charge in [0.05, 0.1) is 5.92 Å². The Morgan fingerprint density at radius 1 is 1.19 bits per heavy atom. The maximum absolute atomic E-state index is 12.7. The quantitative estimate of drug-likeness (QED) is 0.767. The lowest BCUT2D eigenvalue weighted by molar-refractivity contribution is -0.121. The highest BCUT2D eigenvalue weighted by Gasteiger charge is 2.49. The van der Waals surface area contributed by atoms with Gasteiger partial charge in [0.15, 0.2) is 5.82 Å². The van der Waals surface area contributed by atoms with Crippen LogP contribution in [0.3, 0.4) is 0 Å². The smallest absolute Gasteiger partial charge is 0.229 e. The lowest BCUT2D eigenvalue weighted by Crippen LogP contribution is -2.42. The van der Waals surface area contributed by atoms with Crippen LogP contribution in [0, 0.1) is 17.8 Å². The summed E-state index contributed by atoms with van der Waals surface area (Å²) in [6.45, 7) is 0. The number of benzene rings is 1. The van der Waals surface area contributed by atoms with Crippen molar-refractivity contribution in [1.82, 2.24) is 15.2 Å². The van der Waals surface area contributed by atoms with Crippen LogP contribution in [0.25, 0.3) is 11.4 Å². The van der Waals surface area contributed by atoms with Gasteiger partial charge in [0.25, 0.3) is 0 Å². The maximum Gasteiger partial charge on any atom is 0.229 e. The minimum Gasteiger partial charge on any atom is -0.327 e. The predicted octanol–water partition coefficient (Wildman–Crippen LogP) is 3.08. The van der Waals surface area contributed by atoms with Gasteiger partial charge in [-0.25, -0.2) is 4.98 Å². The van der Waals surface area contributed by atoms with Gasteiger partial charge in [-0.2, -0.15) is 5.10 Å². The second-order valence-corrected chi connectivity index (χ2v) is 7.82. The molecule has 0 spiro atoms. The van der Waals surface area contributed by atoms with Crippen molar-refractivity contribution in [2.45, 2.75) is 44.1 Å². The first-order valence-electron chi connectivity index (χ1n) is 9.28. The normalized spacial score (nSPS) is 29.4. The molecule has 0 radical (unpaired) electrons. The highest BCUT2D eigenvalue weighted by molar-refractivity contribution is 5.94. The van der Waals surface area contributed by atoms with E-state index in [1.165, 1.54) is 19.3 Å². The molecule has 3 aliphatic carbocycles.